The van der Waals surface area contributed by atoms with Gasteiger partial charge in [-0.2, -0.15) is 0 Å². The van der Waals surface area contributed by atoms with Gasteiger partial charge in [0, 0.05) is 29.3 Å². The number of hydrogen-bond donors (Lipinski definition) is 1. The normalized spacial score (nSPS) is 21.3. The maximum atomic E-state index is 3.55. The van der Waals surface area contributed by atoms with Crippen LogP contribution in [0.2, 0.25) is 0 Å². The summed E-state index contributed by atoms with van der Waals surface area (Å²) in [5.74, 6) is 0.832. The van der Waals surface area contributed by atoms with Gasteiger partial charge in [0.05, 0.1) is 0 Å². The summed E-state index contributed by atoms with van der Waals surface area (Å²) in [6, 6.07) is 9.28. The van der Waals surface area contributed by atoms with Crippen molar-refractivity contribution in [3.63, 3.8) is 0 Å². The summed E-state index contributed by atoms with van der Waals surface area (Å²) in [4.78, 5) is 2.51. The lowest BCUT2D eigenvalue weighted by Crippen LogP contribution is -2.29. The Bertz CT molecular complexity index is 381. The van der Waals surface area contributed by atoms with Crippen LogP contribution < -0.4 is 10.2 Å². The van der Waals surface area contributed by atoms with Crippen LogP contribution in [0.25, 0.3) is 0 Å². The van der Waals surface area contributed by atoms with Crippen molar-refractivity contribution in [2.75, 3.05) is 24.5 Å². The quantitative estimate of drug-likeness (QED) is 0.893. The second-order valence-electron chi connectivity index (χ2n) is 5.28. The molecule has 1 heterocycles. The molecule has 0 bridgehead atoms. The first-order valence-corrected chi connectivity index (χ1v) is 7.72. The van der Waals surface area contributed by atoms with Gasteiger partial charge in [-0.05, 0) is 50.4 Å². The zero-order chi connectivity index (χ0) is 13.0. The third-order valence-electron chi connectivity index (χ3n) is 3.70. The fraction of sp³-hybridized carbons (Fsp3) is 0.600. The third-order valence-corrected chi connectivity index (χ3v) is 4.19. The average Bonchev–Trinajstić information content (AvgIpc) is 2.78. The standard InChI is InChI=1S/C15H23BrN2/c1-3-17-12(2)9-13-7-8-18(11-13)15-6-4-5-14(16)10-15/h4-6,10,12-13,17H,3,7-9,11H2,1-2H3. The highest BCUT2D eigenvalue weighted by Gasteiger charge is 2.23. The Kier molecular flexibility index (Phi) is 5.07. The first-order chi connectivity index (χ1) is 8.69. The molecule has 3 heteroatoms. The van der Waals surface area contributed by atoms with Crippen LogP contribution in [0, 0.1) is 5.92 Å². The summed E-state index contributed by atoms with van der Waals surface area (Å²) < 4.78 is 1.17. The molecule has 2 atom stereocenters. The minimum absolute atomic E-state index is 0.641. The van der Waals surface area contributed by atoms with E-state index in [1.54, 1.807) is 0 Å². The Balaban J connectivity index is 1.88. The minimum atomic E-state index is 0.641. The van der Waals surface area contributed by atoms with Crippen LogP contribution in [0.15, 0.2) is 28.7 Å². The number of nitrogens with one attached hydrogen (secondary N) is 1. The number of rotatable bonds is 5. The second kappa shape index (κ2) is 6.58. The molecule has 1 aromatic rings. The predicted molar refractivity (Wildman–Crippen MR) is 82.2 cm³/mol. The van der Waals surface area contributed by atoms with E-state index in [4.69, 9.17) is 0 Å². The monoisotopic (exact) mass is 310 g/mol. The van der Waals surface area contributed by atoms with Crippen LogP contribution in [0.1, 0.15) is 26.7 Å². The molecule has 2 rings (SSSR count). The van der Waals surface area contributed by atoms with E-state index in [2.05, 4.69) is 64.3 Å². The second-order valence-corrected chi connectivity index (χ2v) is 6.19. The molecular weight excluding hydrogens is 288 g/mol. The summed E-state index contributed by atoms with van der Waals surface area (Å²) >= 11 is 3.55. The van der Waals surface area contributed by atoms with Crippen molar-refractivity contribution >= 4 is 21.6 Å². The van der Waals surface area contributed by atoms with Crippen LogP contribution in [0.4, 0.5) is 5.69 Å². The molecule has 1 aliphatic heterocycles. The van der Waals surface area contributed by atoms with E-state index in [-0.39, 0.29) is 0 Å². The first kappa shape index (κ1) is 13.9. The molecule has 1 aliphatic rings. The third kappa shape index (κ3) is 3.72. The van der Waals surface area contributed by atoms with E-state index in [0.717, 1.165) is 12.5 Å². The van der Waals surface area contributed by atoms with Crippen LogP contribution in [0.3, 0.4) is 0 Å². The van der Waals surface area contributed by atoms with E-state index in [1.165, 1.54) is 36.1 Å². The fourth-order valence-electron chi connectivity index (χ4n) is 2.86. The highest BCUT2D eigenvalue weighted by molar-refractivity contribution is 9.10. The molecule has 1 N–H and O–H groups in total. The Labute approximate surface area is 119 Å². The van der Waals surface area contributed by atoms with Crippen molar-refractivity contribution in [3.05, 3.63) is 28.7 Å². The van der Waals surface area contributed by atoms with Crippen molar-refractivity contribution in [3.8, 4) is 0 Å². The summed E-state index contributed by atoms with van der Waals surface area (Å²) in [7, 11) is 0. The number of nitrogens with zero attached hydrogens (tertiary/aromatic N) is 1. The molecule has 1 aromatic carbocycles. The Morgan fingerprint density at radius 2 is 2.33 bits per heavy atom. The van der Waals surface area contributed by atoms with E-state index < -0.39 is 0 Å². The van der Waals surface area contributed by atoms with Crippen LogP contribution in [-0.4, -0.2) is 25.7 Å². The lowest BCUT2D eigenvalue weighted by atomic mass is 10.0. The minimum Gasteiger partial charge on any atom is -0.371 e. The van der Waals surface area contributed by atoms with E-state index in [0.29, 0.717) is 6.04 Å². The molecule has 1 saturated heterocycles. The zero-order valence-corrected chi connectivity index (χ0v) is 12.9. The van der Waals surface area contributed by atoms with Gasteiger partial charge in [-0.15, -0.1) is 0 Å². The van der Waals surface area contributed by atoms with Gasteiger partial charge in [-0.25, -0.2) is 0 Å². The number of halogens is 1. The Hall–Kier alpha value is -0.540. The average molecular weight is 311 g/mol. The first-order valence-electron chi connectivity index (χ1n) is 6.93. The van der Waals surface area contributed by atoms with Gasteiger partial charge in [0.25, 0.3) is 0 Å². The van der Waals surface area contributed by atoms with Gasteiger partial charge in [-0.1, -0.05) is 28.9 Å². The molecule has 0 saturated carbocycles. The van der Waals surface area contributed by atoms with Gasteiger partial charge in [0.15, 0.2) is 0 Å². The van der Waals surface area contributed by atoms with Crippen LogP contribution in [0.5, 0.6) is 0 Å². The molecular formula is C15H23BrN2. The summed E-state index contributed by atoms with van der Waals surface area (Å²) in [5.41, 5.74) is 1.35. The van der Waals surface area contributed by atoms with Crippen LogP contribution >= 0.6 is 15.9 Å². The molecule has 0 aliphatic carbocycles. The highest BCUT2D eigenvalue weighted by atomic mass is 79.9. The highest BCUT2D eigenvalue weighted by Crippen LogP contribution is 2.28. The molecule has 0 amide bonds. The SMILES string of the molecule is CCNC(C)CC1CCN(c2cccc(Br)c2)C1. The van der Waals surface area contributed by atoms with E-state index >= 15 is 0 Å². The van der Waals surface area contributed by atoms with Gasteiger partial charge in [0.2, 0.25) is 0 Å². The van der Waals surface area contributed by atoms with Gasteiger partial charge < -0.3 is 10.2 Å². The van der Waals surface area contributed by atoms with Crippen molar-refractivity contribution in [2.24, 2.45) is 5.92 Å². The molecule has 0 radical (unpaired) electrons. The Morgan fingerprint density at radius 3 is 3.06 bits per heavy atom. The van der Waals surface area contributed by atoms with Crippen molar-refractivity contribution in [2.45, 2.75) is 32.7 Å². The molecule has 2 unspecified atom stereocenters. The lowest BCUT2D eigenvalue weighted by molar-refractivity contribution is 0.430. The maximum absolute atomic E-state index is 3.55. The molecule has 0 aromatic heterocycles. The number of benzene rings is 1. The fourth-order valence-corrected chi connectivity index (χ4v) is 3.25. The topological polar surface area (TPSA) is 15.3 Å². The molecule has 1 fully saturated rings. The summed E-state index contributed by atoms with van der Waals surface area (Å²) in [5, 5.41) is 3.51. The summed E-state index contributed by atoms with van der Waals surface area (Å²) in [6.07, 6.45) is 2.61. The number of anilines is 1. The molecule has 0 spiro atoms. The van der Waals surface area contributed by atoms with E-state index in [9.17, 15) is 0 Å². The summed E-state index contributed by atoms with van der Waals surface area (Å²) in [6.45, 7) is 7.94. The lowest BCUT2D eigenvalue weighted by Gasteiger charge is -2.20. The maximum Gasteiger partial charge on any atom is 0.0377 e. The zero-order valence-electron chi connectivity index (χ0n) is 11.3. The van der Waals surface area contributed by atoms with Crippen molar-refractivity contribution in [1.29, 1.82) is 0 Å². The molecule has 100 valence electrons. The van der Waals surface area contributed by atoms with E-state index in [1.807, 2.05) is 0 Å². The smallest absolute Gasteiger partial charge is 0.0377 e. The van der Waals surface area contributed by atoms with Crippen molar-refractivity contribution < 1.29 is 0 Å². The van der Waals surface area contributed by atoms with Gasteiger partial charge >= 0.3 is 0 Å². The van der Waals surface area contributed by atoms with Gasteiger partial charge in [-0.3, -0.25) is 0 Å². The predicted octanol–water partition coefficient (Wildman–Crippen LogP) is 3.66. The number of hydrogen-bond acceptors (Lipinski definition) is 2. The van der Waals surface area contributed by atoms with Crippen molar-refractivity contribution in [1.82, 2.24) is 5.32 Å². The molecule has 2 nitrogen and oxygen atoms in total. The van der Waals surface area contributed by atoms with Crippen LogP contribution in [-0.2, 0) is 0 Å². The Morgan fingerprint density at radius 1 is 1.50 bits per heavy atom. The largest absolute Gasteiger partial charge is 0.371 e. The van der Waals surface area contributed by atoms with Gasteiger partial charge in [0.1, 0.15) is 0 Å². The molecule has 18 heavy (non-hydrogen) atoms.